The van der Waals surface area contributed by atoms with Crippen LogP contribution in [0.5, 0.6) is 17.2 Å². The molecular weight excluding hydrogens is 444 g/mol. The van der Waals surface area contributed by atoms with Gasteiger partial charge in [-0.3, -0.25) is 4.79 Å². The van der Waals surface area contributed by atoms with Gasteiger partial charge in [-0.15, -0.1) is 0 Å². The number of nitrogens with one attached hydrogen (secondary N) is 1. The van der Waals surface area contributed by atoms with Gasteiger partial charge >= 0.3 is 5.97 Å². The molecule has 0 atom stereocenters. The number of benzene rings is 3. The number of methoxy groups -OCH3 is 1. The Bertz CT molecular complexity index is 1160. The molecule has 0 aliphatic carbocycles. The SMILES string of the molecule is C=CCOc1ccc(C(=O)NN=Cc2ccc(OC(=O)c3ccc(Cl)cc3)c(OC)c2)cc1. The van der Waals surface area contributed by atoms with Crippen LogP contribution < -0.4 is 19.6 Å². The monoisotopic (exact) mass is 464 g/mol. The van der Waals surface area contributed by atoms with E-state index < -0.39 is 5.97 Å². The lowest BCUT2D eigenvalue weighted by atomic mass is 10.2. The van der Waals surface area contributed by atoms with E-state index in [1.807, 2.05) is 0 Å². The molecule has 0 fully saturated rings. The molecule has 0 radical (unpaired) electrons. The minimum Gasteiger partial charge on any atom is -0.493 e. The smallest absolute Gasteiger partial charge is 0.343 e. The second kappa shape index (κ2) is 11.5. The first-order chi connectivity index (χ1) is 16.0. The Morgan fingerprint density at radius 3 is 2.36 bits per heavy atom. The Morgan fingerprint density at radius 1 is 1.00 bits per heavy atom. The quantitative estimate of drug-likeness (QED) is 0.160. The summed E-state index contributed by atoms with van der Waals surface area (Å²) in [6, 6.07) is 17.9. The van der Waals surface area contributed by atoms with Crippen LogP contribution in [0.15, 0.2) is 84.5 Å². The van der Waals surface area contributed by atoms with Crippen LogP contribution in [-0.2, 0) is 0 Å². The fourth-order valence-electron chi connectivity index (χ4n) is 2.68. The predicted octanol–water partition coefficient (Wildman–Crippen LogP) is 4.90. The number of hydrazone groups is 1. The number of ether oxygens (including phenoxy) is 3. The van der Waals surface area contributed by atoms with E-state index in [0.717, 1.165) is 0 Å². The minimum absolute atomic E-state index is 0.248. The zero-order valence-electron chi connectivity index (χ0n) is 17.8. The third-order valence-corrected chi connectivity index (χ3v) is 4.59. The highest BCUT2D eigenvalue weighted by Gasteiger charge is 2.13. The third-order valence-electron chi connectivity index (χ3n) is 4.33. The molecule has 0 aliphatic heterocycles. The highest BCUT2D eigenvalue weighted by Crippen LogP contribution is 2.28. The van der Waals surface area contributed by atoms with Gasteiger partial charge in [-0.05, 0) is 72.3 Å². The number of hydrogen-bond acceptors (Lipinski definition) is 6. The van der Waals surface area contributed by atoms with E-state index >= 15 is 0 Å². The minimum atomic E-state index is -0.542. The highest BCUT2D eigenvalue weighted by molar-refractivity contribution is 6.30. The molecule has 3 aromatic carbocycles. The Morgan fingerprint density at radius 2 is 1.70 bits per heavy atom. The molecule has 0 aromatic heterocycles. The summed E-state index contributed by atoms with van der Waals surface area (Å²) >= 11 is 5.84. The van der Waals surface area contributed by atoms with Gasteiger partial charge in [0.25, 0.3) is 5.91 Å². The van der Waals surface area contributed by atoms with Gasteiger partial charge in [0, 0.05) is 10.6 Å². The highest BCUT2D eigenvalue weighted by atomic mass is 35.5. The Labute approximate surface area is 196 Å². The number of rotatable bonds is 9. The van der Waals surface area contributed by atoms with Gasteiger partial charge in [0.05, 0.1) is 18.9 Å². The molecule has 7 nitrogen and oxygen atoms in total. The lowest BCUT2D eigenvalue weighted by molar-refractivity contribution is 0.0729. The summed E-state index contributed by atoms with van der Waals surface area (Å²) in [4.78, 5) is 24.6. The number of hydrogen-bond donors (Lipinski definition) is 1. The van der Waals surface area contributed by atoms with Crippen molar-refractivity contribution in [1.29, 1.82) is 0 Å². The molecule has 1 N–H and O–H groups in total. The zero-order valence-corrected chi connectivity index (χ0v) is 18.5. The first-order valence-corrected chi connectivity index (χ1v) is 10.2. The van der Waals surface area contributed by atoms with Crippen LogP contribution in [0.2, 0.25) is 5.02 Å². The van der Waals surface area contributed by atoms with Crippen LogP contribution in [0.3, 0.4) is 0 Å². The number of halogens is 1. The van der Waals surface area contributed by atoms with Crippen molar-refractivity contribution in [2.24, 2.45) is 5.10 Å². The van der Waals surface area contributed by atoms with E-state index in [-0.39, 0.29) is 11.7 Å². The van der Waals surface area contributed by atoms with Gasteiger partial charge < -0.3 is 14.2 Å². The molecule has 0 saturated carbocycles. The molecule has 0 unspecified atom stereocenters. The molecule has 1 amide bonds. The van der Waals surface area contributed by atoms with Crippen LogP contribution >= 0.6 is 11.6 Å². The molecular formula is C25H21ClN2O5. The third kappa shape index (κ3) is 6.69. The number of carbonyl (C=O) groups is 2. The maximum Gasteiger partial charge on any atom is 0.343 e. The molecule has 8 heteroatoms. The van der Waals surface area contributed by atoms with Gasteiger partial charge in [0.15, 0.2) is 11.5 Å². The van der Waals surface area contributed by atoms with Crippen molar-refractivity contribution in [2.45, 2.75) is 0 Å². The molecule has 0 aliphatic rings. The summed E-state index contributed by atoms with van der Waals surface area (Å²) < 4.78 is 16.1. The fraction of sp³-hybridized carbons (Fsp3) is 0.0800. The normalized spacial score (nSPS) is 10.5. The Kier molecular flexibility index (Phi) is 8.21. The van der Waals surface area contributed by atoms with E-state index in [0.29, 0.717) is 39.8 Å². The molecule has 0 spiro atoms. The summed E-state index contributed by atoms with van der Waals surface area (Å²) in [6.07, 6.45) is 3.09. The van der Waals surface area contributed by atoms with Gasteiger partial charge in [-0.1, -0.05) is 24.3 Å². The molecule has 33 heavy (non-hydrogen) atoms. The lowest BCUT2D eigenvalue weighted by Gasteiger charge is -2.10. The maximum absolute atomic E-state index is 12.3. The number of esters is 1. The fourth-order valence-corrected chi connectivity index (χ4v) is 2.81. The molecule has 3 rings (SSSR count). The Balaban J connectivity index is 1.61. The number of carbonyl (C=O) groups excluding carboxylic acids is 2. The summed E-state index contributed by atoms with van der Waals surface area (Å²) in [5.74, 6) is 0.306. The van der Waals surface area contributed by atoms with E-state index in [4.69, 9.17) is 25.8 Å². The van der Waals surface area contributed by atoms with Crippen LogP contribution in [-0.4, -0.2) is 31.8 Å². The molecule has 168 valence electrons. The predicted molar refractivity (Wildman–Crippen MR) is 127 cm³/mol. The zero-order chi connectivity index (χ0) is 23.6. The molecule has 0 heterocycles. The second-order valence-corrected chi connectivity index (χ2v) is 7.07. The molecule has 3 aromatic rings. The van der Waals surface area contributed by atoms with Crippen LogP contribution in [0.1, 0.15) is 26.3 Å². The molecule has 0 saturated heterocycles. The second-order valence-electron chi connectivity index (χ2n) is 6.63. The maximum atomic E-state index is 12.3. The van der Waals surface area contributed by atoms with E-state index in [9.17, 15) is 9.59 Å². The lowest BCUT2D eigenvalue weighted by Crippen LogP contribution is -2.17. The number of amides is 1. The van der Waals surface area contributed by atoms with Gasteiger partial charge in [-0.2, -0.15) is 5.10 Å². The first kappa shape index (κ1) is 23.6. The van der Waals surface area contributed by atoms with Crippen molar-refractivity contribution in [3.63, 3.8) is 0 Å². The van der Waals surface area contributed by atoms with Crippen molar-refractivity contribution in [3.05, 3.63) is 101 Å². The topological polar surface area (TPSA) is 86.2 Å². The van der Waals surface area contributed by atoms with Crippen LogP contribution in [0.4, 0.5) is 0 Å². The van der Waals surface area contributed by atoms with Crippen molar-refractivity contribution in [3.8, 4) is 17.2 Å². The van der Waals surface area contributed by atoms with Crippen LogP contribution in [0.25, 0.3) is 0 Å². The van der Waals surface area contributed by atoms with Crippen molar-refractivity contribution in [2.75, 3.05) is 13.7 Å². The van der Waals surface area contributed by atoms with E-state index in [2.05, 4.69) is 17.1 Å². The van der Waals surface area contributed by atoms with Gasteiger partial charge in [-0.25, -0.2) is 10.2 Å². The average molecular weight is 465 g/mol. The average Bonchev–Trinajstić information content (AvgIpc) is 2.84. The Hall–Kier alpha value is -4.10. The van der Waals surface area contributed by atoms with Crippen molar-refractivity contribution >= 4 is 29.7 Å². The van der Waals surface area contributed by atoms with E-state index in [1.165, 1.54) is 13.3 Å². The van der Waals surface area contributed by atoms with Gasteiger partial charge in [0.1, 0.15) is 12.4 Å². The van der Waals surface area contributed by atoms with E-state index in [1.54, 1.807) is 72.8 Å². The summed E-state index contributed by atoms with van der Waals surface area (Å²) in [5.41, 5.74) is 3.88. The number of nitrogens with zero attached hydrogens (tertiary/aromatic N) is 1. The van der Waals surface area contributed by atoms with Gasteiger partial charge in [0.2, 0.25) is 0 Å². The van der Waals surface area contributed by atoms with Crippen molar-refractivity contribution in [1.82, 2.24) is 5.43 Å². The van der Waals surface area contributed by atoms with Crippen LogP contribution in [0, 0.1) is 0 Å². The standard InChI is InChI=1S/C25H21ClN2O5/c1-3-14-32-21-11-7-18(8-12-21)24(29)28-27-16-17-4-13-22(23(15-17)31-2)33-25(30)19-5-9-20(26)10-6-19/h3-13,15-16H,1,14H2,2H3,(H,28,29). The summed E-state index contributed by atoms with van der Waals surface area (Å²) in [7, 11) is 1.46. The molecule has 0 bridgehead atoms. The van der Waals surface area contributed by atoms with Crippen molar-refractivity contribution < 1.29 is 23.8 Å². The summed E-state index contributed by atoms with van der Waals surface area (Å²) in [6.45, 7) is 3.97. The summed E-state index contributed by atoms with van der Waals surface area (Å²) in [5, 5.41) is 4.49. The largest absolute Gasteiger partial charge is 0.493 e. The first-order valence-electron chi connectivity index (χ1n) is 9.83.